The highest BCUT2D eigenvalue weighted by atomic mass is 16.5. The average Bonchev–Trinajstić information content (AvgIpc) is 2.78. The van der Waals surface area contributed by atoms with Crippen LogP contribution in [-0.4, -0.2) is 25.7 Å². The molecule has 3 aromatic carbocycles. The molecule has 4 rings (SSSR count). The van der Waals surface area contributed by atoms with Gasteiger partial charge in [0.05, 0.1) is 30.6 Å². The van der Waals surface area contributed by atoms with Crippen LogP contribution in [0.25, 0.3) is 0 Å². The minimum absolute atomic E-state index is 0.0240. The van der Waals surface area contributed by atoms with E-state index in [4.69, 9.17) is 9.47 Å². The summed E-state index contributed by atoms with van der Waals surface area (Å²) in [4.78, 5) is 14.8. The Kier molecular flexibility index (Phi) is 5.66. The van der Waals surface area contributed by atoms with Gasteiger partial charge >= 0.3 is 0 Å². The molecule has 1 aliphatic rings. The molecule has 5 nitrogen and oxygen atoms in total. The first-order valence-corrected chi connectivity index (χ1v) is 9.81. The van der Waals surface area contributed by atoms with Crippen LogP contribution in [0.15, 0.2) is 78.9 Å². The van der Waals surface area contributed by atoms with Crippen LogP contribution < -0.4 is 19.7 Å². The molecule has 29 heavy (non-hydrogen) atoms. The van der Waals surface area contributed by atoms with Crippen LogP contribution in [0.1, 0.15) is 18.5 Å². The number of benzene rings is 3. The second-order valence-corrected chi connectivity index (χ2v) is 6.82. The quantitative estimate of drug-likeness (QED) is 0.667. The van der Waals surface area contributed by atoms with E-state index in [1.54, 1.807) is 4.90 Å². The van der Waals surface area contributed by atoms with Crippen molar-refractivity contribution in [3.63, 3.8) is 0 Å². The summed E-state index contributed by atoms with van der Waals surface area (Å²) in [5.41, 5.74) is 2.97. The van der Waals surface area contributed by atoms with Crippen molar-refractivity contribution in [3.8, 4) is 11.5 Å². The monoisotopic (exact) mass is 388 g/mol. The van der Waals surface area contributed by atoms with E-state index in [1.807, 2.05) is 73.7 Å². The van der Waals surface area contributed by atoms with Gasteiger partial charge in [0.25, 0.3) is 5.91 Å². The highest BCUT2D eigenvalue weighted by Crippen LogP contribution is 2.35. The van der Waals surface area contributed by atoms with Gasteiger partial charge in [0.1, 0.15) is 11.5 Å². The predicted octanol–water partition coefficient (Wildman–Crippen LogP) is 4.66. The van der Waals surface area contributed by atoms with Gasteiger partial charge in [-0.15, -0.1) is 0 Å². The lowest BCUT2D eigenvalue weighted by Gasteiger charge is -2.36. The minimum Gasteiger partial charge on any atom is -0.494 e. The lowest BCUT2D eigenvalue weighted by atomic mass is 10.0. The number of carbonyl (C=O) groups is 1. The van der Waals surface area contributed by atoms with E-state index in [2.05, 4.69) is 17.4 Å². The van der Waals surface area contributed by atoms with E-state index in [9.17, 15) is 4.79 Å². The molecule has 1 atom stereocenters. The molecule has 0 aliphatic carbocycles. The molecule has 0 aromatic heterocycles. The minimum atomic E-state index is -0.0752. The molecular weight excluding hydrogens is 364 g/mol. The van der Waals surface area contributed by atoms with Gasteiger partial charge in [-0.1, -0.05) is 42.5 Å². The second kappa shape index (κ2) is 8.69. The van der Waals surface area contributed by atoms with Crippen molar-refractivity contribution in [3.05, 3.63) is 84.4 Å². The van der Waals surface area contributed by atoms with Gasteiger partial charge in [-0.25, -0.2) is 0 Å². The summed E-state index contributed by atoms with van der Waals surface area (Å²) in [5, 5.41) is 3.54. The van der Waals surface area contributed by atoms with Gasteiger partial charge in [-0.3, -0.25) is 4.79 Å². The average molecular weight is 388 g/mol. The lowest BCUT2D eigenvalue weighted by molar-refractivity contribution is -0.120. The molecule has 1 aliphatic heterocycles. The number of fused-ring (bicyclic) bond motifs is 1. The maximum atomic E-state index is 13.0. The summed E-state index contributed by atoms with van der Waals surface area (Å²) in [6, 6.07) is 25.4. The van der Waals surface area contributed by atoms with Crippen LogP contribution in [0, 0.1) is 0 Å². The Morgan fingerprint density at radius 3 is 2.31 bits per heavy atom. The Balaban J connectivity index is 1.49. The smallest absolute Gasteiger partial charge is 0.265 e. The number of nitrogens with zero attached hydrogens (tertiary/aromatic N) is 1. The number of carbonyl (C=O) groups excluding carboxylic acids is 1. The summed E-state index contributed by atoms with van der Waals surface area (Å²) in [6.45, 7) is 3.08. The highest BCUT2D eigenvalue weighted by molar-refractivity contribution is 5.98. The molecule has 1 heterocycles. The third kappa shape index (κ3) is 4.35. The first kappa shape index (κ1) is 18.9. The number of amides is 1. The van der Waals surface area contributed by atoms with Crippen LogP contribution in [0.4, 0.5) is 11.4 Å². The fourth-order valence-electron chi connectivity index (χ4n) is 3.48. The Morgan fingerprint density at radius 1 is 0.931 bits per heavy atom. The van der Waals surface area contributed by atoms with E-state index in [0.29, 0.717) is 18.9 Å². The normalized spacial score (nSPS) is 15.2. The van der Waals surface area contributed by atoms with Gasteiger partial charge in [0, 0.05) is 0 Å². The molecule has 0 bridgehead atoms. The molecule has 1 amide bonds. The number of para-hydroxylation sites is 2. The van der Waals surface area contributed by atoms with Crippen LogP contribution in [0.2, 0.25) is 0 Å². The molecule has 3 aromatic rings. The van der Waals surface area contributed by atoms with E-state index in [-0.39, 0.29) is 18.6 Å². The zero-order chi connectivity index (χ0) is 20.1. The topological polar surface area (TPSA) is 50.8 Å². The van der Waals surface area contributed by atoms with E-state index < -0.39 is 0 Å². The van der Waals surface area contributed by atoms with E-state index in [0.717, 1.165) is 22.7 Å². The van der Waals surface area contributed by atoms with E-state index in [1.165, 1.54) is 0 Å². The zero-order valence-corrected chi connectivity index (χ0v) is 16.4. The fraction of sp³-hybridized carbons (Fsp3) is 0.208. The summed E-state index contributed by atoms with van der Waals surface area (Å²) < 4.78 is 11.2. The zero-order valence-electron chi connectivity index (χ0n) is 16.4. The standard InChI is InChI=1S/C24H24N2O3/c1-2-28-19-12-14-20(15-13-19)29-17-24(27)26-16-22(18-8-4-3-5-9-18)25-21-10-6-7-11-23(21)26/h3-15,22,25H,2,16-17H2,1H3. The number of anilines is 2. The molecule has 0 radical (unpaired) electrons. The maximum absolute atomic E-state index is 13.0. The van der Waals surface area contributed by atoms with Gasteiger partial charge in [0.2, 0.25) is 0 Å². The lowest BCUT2D eigenvalue weighted by Crippen LogP contribution is -2.43. The summed E-state index contributed by atoms with van der Waals surface area (Å²) in [6.07, 6.45) is 0. The Hall–Kier alpha value is -3.47. The maximum Gasteiger partial charge on any atom is 0.265 e. The first-order valence-electron chi connectivity index (χ1n) is 9.81. The first-order chi connectivity index (χ1) is 14.2. The third-order valence-corrected chi connectivity index (χ3v) is 4.89. The van der Waals surface area contributed by atoms with Crippen molar-refractivity contribution < 1.29 is 14.3 Å². The number of nitrogens with one attached hydrogen (secondary N) is 1. The Morgan fingerprint density at radius 2 is 1.59 bits per heavy atom. The Labute approximate surface area is 170 Å². The van der Waals surface area contributed by atoms with Gasteiger partial charge in [-0.2, -0.15) is 0 Å². The largest absolute Gasteiger partial charge is 0.494 e. The van der Waals surface area contributed by atoms with Crippen LogP contribution in [-0.2, 0) is 4.79 Å². The summed E-state index contributed by atoms with van der Waals surface area (Å²) >= 11 is 0. The number of hydrogen-bond donors (Lipinski definition) is 1. The van der Waals surface area contributed by atoms with Gasteiger partial charge < -0.3 is 19.7 Å². The highest BCUT2D eigenvalue weighted by Gasteiger charge is 2.28. The fourth-order valence-corrected chi connectivity index (χ4v) is 3.48. The molecule has 0 saturated heterocycles. The molecular formula is C24H24N2O3. The van der Waals surface area contributed by atoms with Gasteiger partial charge in [0.15, 0.2) is 6.61 Å². The molecule has 5 heteroatoms. The molecule has 0 spiro atoms. The van der Waals surface area contributed by atoms with Gasteiger partial charge in [-0.05, 0) is 48.9 Å². The molecule has 148 valence electrons. The predicted molar refractivity (Wildman–Crippen MR) is 115 cm³/mol. The van der Waals surface area contributed by atoms with Crippen molar-refractivity contribution in [2.75, 3.05) is 30.0 Å². The Bertz CT molecular complexity index is 957. The molecule has 1 unspecified atom stereocenters. The summed E-state index contributed by atoms with van der Waals surface area (Å²) in [7, 11) is 0. The van der Waals surface area contributed by atoms with Crippen molar-refractivity contribution in [2.24, 2.45) is 0 Å². The van der Waals surface area contributed by atoms with Crippen molar-refractivity contribution in [2.45, 2.75) is 13.0 Å². The van der Waals surface area contributed by atoms with Crippen molar-refractivity contribution in [1.82, 2.24) is 0 Å². The van der Waals surface area contributed by atoms with Crippen molar-refractivity contribution in [1.29, 1.82) is 0 Å². The molecule has 1 N–H and O–H groups in total. The second-order valence-electron chi connectivity index (χ2n) is 6.82. The van der Waals surface area contributed by atoms with Crippen molar-refractivity contribution >= 4 is 17.3 Å². The number of ether oxygens (including phenoxy) is 2. The van der Waals surface area contributed by atoms with Crippen LogP contribution >= 0.6 is 0 Å². The number of rotatable bonds is 6. The summed E-state index contributed by atoms with van der Waals surface area (Å²) in [5.74, 6) is 1.35. The molecule has 0 fully saturated rings. The third-order valence-electron chi connectivity index (χ3n) is 4.89. The van der Waals surface area contributed by atoms with E-state index >= 15 is 0 Å². The number of hydrogen-bond acceptors (Lipinski definition) is 4. The van der Waals surface area contributed by atoms with Crippen LogP contribution in [0.3, 0.4) is 0 Å². The van der Waals surface area contributed by atoms with Crippen LogP contribution in [0.5, 0.6) is 11.5 Å². The molecule has 0 saturated carbocycles. The SMILES string of the molecule is CCOc1ccc(OCC(=O)N2CC(c3ccccc3)Nc3ccccc32)cc1.